The van der Waals surface area contributed by atoms with Crippen LogP contribution in [0.4, 0.5) is 15.8 Å². The molecule has 0 aromatic heterocycles. The average molecular weight is 217 g/mol. The summed E-state index contributed by atoms with van der Waals surface area (Å²) in [4.78, 5) is 11.1. The minimum atomic E-state index is -0.345. The SMILES string of the molecule is Cl.O=C1CCNc2ccc(F)cc2N1. The van der Waals surface area contributed by atoms with Gasteiger partial charge in [-0.1, -0.05) is 0 Å². The molecule has 2 N–H and O–H groups in total. The van der Waals surface area contributed by atoms with E-state index < -0.39 is 0 Å². The van der Waals surface area contributed by atoms with E-state index in [1.54, 1.807) is 6.07 Å². The third-order valence-electron chi connectivity index (χ3n) is 1.92. The van der Waals surface area contributed by atoms with Gasteiger partial charge in [-0.15, -0.1) is 12.4 Å². The van der Waals surface area contributed by atoms with Crippen LogP contribution in [0.5, 0.6) is 0 Å². The van der Waals surface area contributed by atoms with E-state index in [0.717, 1.165) is 5.69 Å². The molecule has 0 aliphatic carbocycles. The minimum Gasteiger partial charge on any atom is -0.383 e. The number of nitrogens with one attached hydrogen (secondary N) is 2. The Hall–Kier alpha value is -1.29. The monoisotopic (exact) mass is 216 g/mol. The zero-order chi connectivity index (χ0) is 9.26. The molecule has 1 aromatic rings. The second kappa shape index (κ2) is 4.28. The molecule has 1 heterocycles. The van der Waals surface area contributed by atoms with Crippen LogP contribution in [-0.4, -0.2) is 12.5 Å². The third kappa shape index (κ3) is 2.14. The van der Waals surface area contributed by atoms with Crippen LogP contribution in [0.15, 0.2) is 18.2 Å². The first-order chi connectivity index (χ1) is 6.25. The van der Waals surface area contributed by atoms with Crippen LogP contribution in [0.3, 0.4) is 0 Å². The highest BCUT2D eigenvalue weighted by Gasteiger charge is 2.11. The Kier molecular flexibility index (Phi) is 3.30. The van der Waals surface area contributed by atoms with Gasteiger partial charge in [0.15, 0.2) is 0 Å². The van der Waals surface area contributed by atoms with E-state index in [0.29, 0.717) is 18.7 Å². The maximum Gasteiger partial charge on any atom is 0.226 e. The van der Waals surface area contributed by atoms with Gasteiger partial charge in [-0.25, -0.2) is 4.39 Å². The summed E-state index contributed by atoms with van der Waals surface area (Å²) >= 11 is 0. The van der Waals surface area contributed by atoms with Crippen molar-refractivity contribution >= 4 is 29.7 Å². The summed E-state index contributed by atoms with van der Waals surface area (Å²) in [5, 5.41) is 5.65. The summed E-state index contributed by atoms with van der Waals surface area (Å²) in [6.07, 6.45) is 0.413. The molecule has 0 saturated heterocycles. The predicted molar refractivity (Wildman–Crippen MR) is 55.4 cm³/mol. The number of anilines is 2. The van der Waals surface area contributed by atoms with E-state index in [1.165, 1.54) is 12.1 Å². The van der Waals surface area contributed by atoms with E-state index in [9.17, 15) is 9.18 Å². The highest BCUT2D eigenvalue weighted by Crippen LogP contribution is 2.24. The molecule has 2 rings (SSSR count). The molecule has 0 atom stereocenters. The lowest BCUT2D eigenvalue weighted by Crippen LogP contribution is -2.10. The van der Waals surface area contributed by atoms with Gasteiger partial charge in [0, 0.05) is 13.0 Å². The highest BCUT2D eigenvalue weighted by atomic mass is 35.5. The van der Waals surface area contributed by atoms with Crippen molar-refractivity contribution in [3.8, 4) is 0 Å². The van der Waals surface area contributed by atoms with Crippen LogP contribution < -0.4 is 10.6 Å². The van der Waals surface area contributed by atoms with Gasteiger partial charge in [0.1, 0.15) is 5.82 Å². The topological polar surface area (TPSA) is 41.1 Å². The van der Waals surface area contributed by atoms with E-state index in [-0.39, 0.29) is 24.1 Å². The third-order valence-corrected chi connectivity index (χ3v) is 1.92. The van der Waals surface area contributed by atoms with E-state index in [1.807, 2.05) is 0 Å². The van der Waals surface area contributed by atoms with Gasteiger partial charge in [-0.2, -0.15) is 0 Å². The van der Waals surface area contributed by atoms with Gasteiger partial charge in [0.2, 0.25) is 5.91 Å². The highest BCUT2D eigenvalue weighted by molar-refractivity contribution is 5.95. The zero-order valence-corrected chi connectivity index (χ0v) is 8.16. The molecule has 5 heteroatoms. The number of amides is 1. The lowest BCUT2D eigenvalue weighted by Gasteiger charge is -2.06. The summed E-state index contributed by atoms with van der Waals surface area (Å²) in [6.45, 7) is 0.588. The first-order valence-corrected chi connectivity index (χ1v) is 4.09. The minimum absolute atomic E-state index is 0. The summed E-state index contributed by atoms with van der Waals surface area (Å²) in [5.41, 5.74) is 1.29. The van der Waals surface area contributed by atoms with Crippen molar-refractivity contribution < 1.29 is 9.18 Å². The second-order valence-electron chi connectivity index (χ2n) is 2.91. The number of fused-ring (bicyclic) bond motifs is 1. The van der Waals surface area contributed by atoms with Crippen LogP contribution in [-0.2, 0) is 4.79 Å². The van der Waals surface area contributed by atoms with Crippen molar-refractivity contribution in [1.82, 2.24) is 0 Å². The van der Waals surface area contributed by atoms with Crippen molar-refractivity contribution in [2.24, 2.45) is 0 Å². The summed E-state index contributed by atoms with van der Waals surface area (Å²) in [5.74, 6) is -0.431. The van der Waals surface area contributed by atoms with Gasteiger partial charge >= 0.3 is 0 Å². The molecule has 1 aliphatic rings. The van der Waals surface area contributed by atoms with Gasteiger partial charge in [-0.3, -0.25) is 4.79 Å². The number of hydrogen-bond donors (Lipinski definition) is 2. The van der Waals surface area contributed by atoms with E-state index in [4.69, 9.17) is 0 Å². The number of carbonyl (C=O) groups excluding carboxylic acids is 1. The van der Waals surface area contributed by atoms with Crippen molar-refractivity contribution in [3.63, 3.8) is 0 Å². The molecular weight excluding hydrogens is 207 g/mol. The molecule has 76 valence electrons. The lowest BCUT2D eigenvalue weighted by atomic mass is 10.2. The number of carbonyl (C=O) groups is 1. The van der Waals surface area contributed by atoms with E-state index >= 15 is 0 Å². The maximum atomic E-state index is 12.8. The molecule has 14 heavy (non-hydrogen) atoms. The fourth-order valence-electron chi connectivity index (χ4n) is 1.30. The first-order valence-electron chi connectivity index (χ1n) is 4.09. The summed E-state index contributed by atoms with van der Waals surface area (Å²) in [7, 11) is 0. The second-order valence-corrected chi connectivity index (χ2v) is 2.91. The van der Waals surface area contributed by atoms with Gasteiger partial charge in [-0.05, 0) is 18.2 Å². The van der Waals surface area contributed by atoms with Gasteiger partial charge < -0.3 is 10.6 Å². The number of hydrogen-bond acceptors (Lipinski definition) is 2. The van der Waals surface area contributed by atoms with E-state index in [2.05, 4.69) is 10.6 Å². The fourth-order valence-corrected chi connectivity index (χ4v) is 1.30. The Morgan fingerprint density at radius 2 is 2.07 bits per heavy atom. The van der Waals surface area contributed by atoms with Crippen LogP contribution in [0.1, 0.15) is 6.42 Å². The zero-order valence-electron chi connectivity index (χ0n) is 7.34. The molecule has 3 nitrogen and oxygen atoms in total. The van der Waals surface area contributed by atoms with Crippen molar-refractivity contribution in [1.29, 1.82) is 0 Å². The van der Waals surface area contributed by atoms with Crippen molar-refractivity contribution in [2.75, 3.05) is 17.2 Å². The molecule has 0 bridgehead atoms. The Morgan fingerprint density at radius 1 is 1.29 bits per heavy atom. The van der Waals surface area contributed by atoms with Gasteiger partial charge in [0.05, 0.1) is 11.4 Å². The smallest absolute Gasteiger partial charge is 0.226 e. The number of rotatable bonds is 0. The molecule has 0 saturated carbocycles. The standard InChI is InChI=1S/C9H9FN2O.ClH/c10-6-1-2-7-8(5-6)12-9(13)3-4-11-7;/h1-2,5,11H,3-4H2,(H,12,13);1H. The molecule has 0 radical (unpaired) electrons. The van der Waals surface area contributed by atoms with Crippen molar-refractivity contribution in [2.45, 2.75) is 6.42 Å². The molecule has 0 unspecified atom stereocenters. The Balaban J connectivity index is 0.000000980. The quantitative estimate of drug-likeness (QED) is 0.697. The predicted octanol–water partition coefficient (Wildman–Crippen LogP) is 2.00. The van der Waals surface area contributed by atoms with Crippen LogP contribution >= 0.6 is 12.4 Å². The van der Waals surface area contributed by atoms with Gasteiger partial charge in [0.25, 0.3) is 0 Å². The number of halogens is 2. The Bertz CT molecular complexity index is 357. The molecular formula is C9H10ClFN2O. The molecule has 0 fully saturated rings. The molecule has 1 aromatic carbocycles. The largest absolute Gasteiger partial charge is 0.383 e. The normalized spacial score (nSPS) is 14.2. The lowest BCUT2D eigenvalue weighted by molar-refractivity contribution is -0.115. The van der Waals surface area contributed by atoms with Crippen LogP contribution in [0.25, 0.3) is 0 Å². The molecule has 0 spiro atoms. The molecule has 1 amide bonds. The average Bonchev–Trinajstić information content (AvgIpc) is 2.25. The van der Waals surface area contributed by atoms with Crippen LogP contribution in [0.2, 0.25) is 0 Å². The van der Waals surface area contributed by atoms with Crippen molar-refractivity contribution in [3.05, 3.63) is 24.0 Å². The summed E-state index contributed by atoms with van der Waals surface area (Å²) < 4.78 is 12.8. The first kappa shape index (κ1) is 10.8. The fraction of sp³-hybridized carbons (Fsp3) is 0.222. The molecule has 1 aliphatic heterocycles. The Labute approximate surface area is 87.1 Å². The summed E-state index contributed by atoms with van der Waals surface area (Å²) in [6, 6.07) is 4.30. The number of benzene rings is 1. The Morgan fingerprint density at radius 3 is 2.86 bits per heavy atom. The van der Waals surface area contributed by atoms with Crippen LogP contribution in [0, 0.1) is 5.82 Å². The maximum absolute atomic E-state index is 12.8.